The van der Waals surface area contributed by atoms with E-state index in [1.54, 1.807) is 0 Å². The average Bonchev–Trinajstić information content (AvgIpc) is 2.48. The molecule has 0 aromatic heterocycles. The number of rotatable bonds is 5. The van der Waals surface area contributed by atoms with Gasteiger partial charge in [-0.2, -0.15) is 0 Å². The summed E-state index contributed by atoms with van der Waals surface area (Å²) in [4.78, 5) is 14.5. The third kappa shape index (κ3) is 4.18. The molecule has 3 nitrogen and oxygen atoms in total. The van der Waals surface area contributed by atoms with E-state index >= 15 is 0 Å². The molecule has 2 aromatic rings. The number of amides is 1. The summed E-state index contributed by atoms with van der Waals surface area (Å²) >= 11 is 0. The van der Waals surface area contributed by atoms with Gasteiger partial charge >= 0.3 is 0 Å². The predicted molar refractivity (Wildman–Crippen MR) is 90.9 cm³/mol. The van der Waals surface area contributed by atoms with Gasteiger partial charge in [0.1, 0.15) is 0 Å². The van der Waals surface area contributed by atoms with Crippen LogP contribution in [0.4, 0.5) is 0 Å². The number of hydrogen-bond donors (Lipinski definition) is 1. The van der Waals surface area contributed by atoms with Crippen molar-refractivity contribution in [1.29, 1.82) is 0 Å². The summed E-state index contributed by atoms with van der Waals surface area (Å²) in [6.45, 7) is 5.39. The third-order valence-electron chi connectivity index (χ3n) is 3.68. The van der Waals surface area contributed by atoms with Crippen molar-refractivity contribution in [2.24, 2.45) is 0 Å². The van der Waals surface area contributed by atoms with Crippen LogP contribution in [0, 0.1) is 13.8 Å². The first-order chi connectivity index (χ1) is 10.5. The second-order valence-corrected chi connectivity index (χ2v) is 6.01. The van der Waals surface area contributed by atoms with Crippen LogP contribution in [0.25, 0.3) is 0 Å². The summed E-state index contributed by atoms with van der Waals surface area (Å²) < 4.78 is 0. The summed E-state index contributed by atoms with van der Waals surface area (Å²) in [6, 6.07) is 14.2. The van der Waals surface area contributed by atoms with Crippen molar-refractivity contribution in [3.63, 3.8) is 0 Å². The molecule has 1 amide bonds. The van der Waals surface area contributed by atoms with Crippen LogP contribution < -0.4 is 5.32 Å². The number of carbonyl (C=O) groups is 1. The third-order valence-corrected chi connectivity index (χ3v) is 3.68. The summed E-state index contributed by atoms with van der Waals surface area (Å²) in [6.07, 6.45) is 0. The van der Waals surface area contributed by atoms with Crippen molar-refractivity contribution in [2.45, 2.75) is 26.9 Å². The molecule has 0 saturated heterocycles. The van der Waals surface area contributed by atoms with Crippen LogP contribution >= 0.6 is 0 Å². The quantitative estimate of drug-likeness (QED) is 0.918. The van der Waals surface area contributed by atoms with E-state index in [0.29, 0.717) is 6.54 Å². The fourth-order valence-electron chi connectivity index (χ4n) is 2.48. The summed E-state index contributed by atoms with van der Waals surface area (Å²) in [5.74, 6) is -0.0131. The highest BCUT2D eigenvalue weighted by molar-refractivity contribution is 5.95. The van der Waals surface area contributed by atoms with E-state index in [9.17, 15) is 4.79 Å². The minimum Gasteiger partial charge on any atom is -0.348 e. The van der Waals surface area contributed by atoms with E-state index in [-0.39, 0.29) is 5.91 Å². The molecule has 0 heterocycles. The molecule has 0 spiro atoms. The Kier molecular flexibility index (Phi) is 5.34. The van der Waals surface area contributed by atoms with E-state index < -0.39 is 0 Å². The topological polar surface area (TPSA) is 32.3 Å². The van der Waals surface area contributed by atoms with Crippen molar-refractivity contribution in [1.82, 2.24) is 10.2 Å². The summed E-state index contributed by atoms with van der Waals surface area (Å²) in [7, 11) is 4.09. The largest absolute Gasteiger partial charge is 0.348 e. The van der Waals surface area contributed by atoms with Gasteiger partial charge in [-0.05, 0) is 50.7 Å². The van der Waals surface area contributed by atoms with Crippen molar-refractivity contribution >= 4 is 5.91 Å². The molecule has 2 rings (SSSR count). The summed E-state index contributed by atoms with van der Waals surface area (Å²) in [5.41, 5.74) is 5.27. The Morgan fingerprint density at radius 2 is 1.73 bits per heavy atom. The standard InChI is InChI=1S/C19H24N2O/c1-14-9-10-15(2)18(11-14)19(22)20-12-16-7-5-6-8-17(16)13-21(3)4/h5-11H,12-13H2,1-4H3,(H,20,22). The normalized spacial score (nSPS) is 10.8. The molecule has 3 heteroatoms. The molecule has 0 unspecified atom stereocenters. The number of nitrogens with one attached hydrogen (secondary N) is 1. The van der Waals surface area contributed by atoms with Gasteiger partial charge in [0.15, 0.2) is 0 Å². The second kappa shape index (κ2) is 7.23. The van der Waals surface area contributed by atoms with Crippen LogP contribution in [-0.2, 0) is 13.1 Å². The molecule has 0 radical (unpaired) electrons. The molecule has 2 aromatic carbocycles. The minimum absolute atomic E-state index is 0.0131. The number of nitrogens with zero attached hydrogens (tertiary/aromatic N) is 1. The molecule has 0 fully saturated rings. The van der Waals surface area contributed by atoms with Gasteiger partial charge < -0.3 is 10.2 Å². The van der Waals surface area contributed by atoms with Crippen molar-refractivity contribution in [2.75, 3.05) is 14.1 Å². The second-order valence-electron chi connectivity index (χ2n) is 6.01. The van der Waals surface area contributed by atoms with E-state index in [1.807, 2.05) is 58.3 Å². The highest BCUT2D eigenvalue weighted by atomic mass is 16.1. The smallest absolute Gasteiger partial charge is 0.251 e. The highest BCUT2D eigenvalue weighted by Crippen LogP contribution is 2.13. The molecule has 0 aliphatic rings. The fraction of sp³-hybridized carbons (Fsp3) is 0.316. The minimum atomic E-state index is -0.0131. The number of benzene rings is 2. The van der Waals surface area contributed by atoms with Gasteiger partial charge in [-0.1, -0.05) is 42.0 Å². The Balaban J connectivity index is 2.10. The highest BCUT2D eigenvalue weighted by Gasteiger charge is 2.10. The van der Waals surface area contributed by atoms with Crippen molar-refractivity contribution in [3.05, 3.63) is 70.3 Å². The molecule has 0 aliphatic heterocycles. The molecule has 0 saturated carbocycles. The lowest BCUT2D eigenvalue weighted by molar-refractivity contribution is 0.0950. The lowest BCUT2D eigenvalue weighted by Crippen LogP contribution is -2.25. The van der Waals surface area contributed by atoms with Crippen molar-refractivity contribution in [3.8, 4) is 0 Å². The number of carbonyl (C=O) groups excluding carboxylic acids is 1. The molecule has 0 aliphatic carbocycles. The van der Waals surface area contributed by atoms with Crippen LogP contribution in [0.3, 0.4) is 0 Å². The van der Waals surface area contributed by atoms with Gasteiger partial charge in [0.2, 0.25) is 0 Å². The average molecular weight is 296 g/mol. The summed E-state index contributed by atoms with van der Waals surface area (Å²) in [5, 5.41) is 3.04. The molecule has 116 valence electrons. The van der Waals surface area contributed by atoms with Crippen LogP contribution in [0.2, 0.25) is 0 Å². The van der Waals surface area contributed by atoms with Crippen LogP contribution in [0.15, 0.2) is 42.5 Å². The Morgan fingerprint density at radius 3 is 2.41 bits per heavy atom. The predicted octanol–water partition coefficient (Wildman–Crippen LogP) is 3.30. The van der Waals surface area contributed by atoms with Crippen LogP contribution in [0.1, 0.15) is 32.6 Å². The monoisotopic (exact) mass is 296 g/mol. The zero-order chi connectivity index (χ0) is 16.1. The van der Waals surface area contributed by atoms with Gasteiger partial charge in [-0.3, -0.25) is 4.79 Å². The number of aryl methyl sites for hydroxylation is 2. The fourth-order valence-corrected chi connectivity index (χ4v) is 2.48. The Bertz CT molecular complexity index is 662. The molecular formula is C19H24N2O. The van der Waals surface area contributed by atoms with Gasteiger partial charge in [-0.25, -0.2) is 0 Å². The van der Waals surface area contributed by atoms with E-state index in [4.69, 9.17) is 0 Å². The molecular weight excluding hydrogens is 272 g/mol. The lowest BCUT2D eigenvalue weighted by atomic mass is 10.0. The maximum Gasteiger partial charge on any atom is 0.251 e. The molecule has 0 bridgehead atoms. The van der Waals surface area contributed by atoms with Gasteiger partial charge in [0.05, 0.1) is 0 Å². The first-order valence-electron chi connectivity index (χ1n) is 7.54. The SMILES string of the molecule is Cc1ccc(C)c(C(=O)NCc2ccccc2CN(C)C)c1. The maximum atomic E-state index is 12.4. The van der Waals surface area contributed by atoms with Gasteiger partial charge in [-0.15, -0.1) is 0 Å². The Hall–Kier alpha value is -2.13. The van der Waals surface area contributed by atoms with Gasteiger partial charge in [0, 0.05) is 18.7 Å². The van der Waals surface area contributed by atoms with E-state index in [1.165, 1.54) is 5.56 Å². The Labute approximate surface area is 133 Å². The Morgan fingerprint density at radius 1 is 1.05 bits per heavy atom. The maximum absolute atomic E-state index is 12.4. The first kappa shape index (κ1) is 16.2. The van der Waals surface area contributed by atoms with Crippen LogP contribution in [0.5, 0.6) is 0 Å². The zero-order valence-electron chi connectivity index (χ0n) is 13.8. The van der Waals surface area contributed by atoms with Gasteiger partial charge in [0.25, 0.3) is 5.91 Å². The van der Waals surface area contributed by atoms with Crippen molar-refractivity contribution < 1.29 is 4.79 Å². The molecule has 22 heavy (non-hydrogen) atoms. The van der Waals surface area contributed by atoms with Crippen LogP contribution in [-0.4, -0.2) is 24.9 Å². The van der Waals surface area contributed by atoms with E-state index in [0.717, 1.165) is 28.8 Å². The number of hydrogen-bond acceptors (Lipinski definition) is 2. The zero-order valence-corrected chi connectivity index (χ0v) is 13.8. The molecule has 1 N–H and O–H groups in total. The van der Waals surface area contributed by atoms with E-state index in [2.05, 4.69) is 22.3 Å². The lowest BCUT2D eigenvalue weighted by Gasteiger charge is -2.15. The first-order valence-corrected chi connectivity index (χ1v) is 7.54. The molecule has 0 atom stereocenters.